The maximum atomic E-state index is 12.7. The van der Waals surface area contributed by atoms with Gasteiger partial charge in [-0.25, -0.2) is 0 Å². The number of hydrogen-bond donors (Lipinski definition) is 1. The summed E-state index contributed by atoms with van der Waals surface area (Å²) in [7, 11) is 2.00. The number of thiophene rings is 2. The second-order valence-electron chi connectivity index (χ2n) is 5.31. The van der Waals surface area contributed by atoms with Gasteiger partial charge >= 0.3 is 0 Å². The van der Waals surface area contributed by atoms with Gasteiger partial charge in [0.05, 0.1) is 10.8 Å². The zero-order valence-corrected chi connectivity index (χ0v) is 12.9. The first-order valence-corrected chi connectivity index (χ1v) is 8.40. The maximum absolute atomic E-state index is 12.7. The molecule has 0 saturated carbocycles. The summed E-state index contributed by atoms with van der Waals surface area (Å²) in [6.07, 6.45) is 0.603. The third-order valence-electron chi connectivity index (χ3n) is 3.97. The van der Waals surface area contributed by atoms with E-state index >= 15 is 0 Å². The molecule has 3 heterocycles. The van der Waals surface area contributed by atoms with E-state index in [9.17, 15) is 9.90 Å². The highest BCUT2D eigenvalue weighted by molar-refractivity contribution is 7.12. The average Bonchev–Trinajstić information content (AvgIpc) is 3.13. The third kappa shape index (κ3) is 2.35. The predicted molar refractivity (Wildman–Crippen MR) is 82.5 cm³/mol. The summed E-state index contributed by atoms with van der Waals surface area (Å²) >= 11 is 2.98. The monoisotopic (exact) mass is 307 g/mol. The number of aliphatic hydroxyl groups is 1. The number of hydrogen-bond acceptors (Lipinski definition) is 5. The molecule has 1 N–H and O–H groups in total. The molecule has 20 heavy (non-hydrogen) atoms. The Labute approximate surface area is 126 Å². The Morgan fingerprint density at radius 3 is 2.75 bits per heavy atom. The van der Waals surface area contributed by atoms with Gasteiger partial charge in [-0.2, -0.15) is 0 Å². The molecule has 0 amide bonds. The van der Waals surface area contributed by atoms with Gasteiger partial charge in [0.25, 0.3) is 0 Å². The fourth-order valence-corrected chi connectivity index (χ4v) is 4.43. The summed E-state index contributed by atoms with van der Waals surface area (Å²) in [6.45, 7) is 1.41. The Morgan fingerprint density at radius 2 is 2.10 bits per heavy atom. The van der Waals surface area contributed by atoms with Crippen LogP contribution in [-0.4, -0.2) is 35.9 Å². The smallest absolute Gasteiger partial charge is 0.180 e. The van der Waals surface area contributed by atoms with Gasteiger partial charge < -0.3 is 10.0 Å². The van der Waals surface area contributed by atoms with E-state index < -0.39 is 11.5 Å². The highest BCUT2D eigenvalue weighted by atomic mass is 32.1. The van der Waals surface area contributed by atoms with Crippen molar-refractivity contribution in [3.63, 3.8) is 0 Å². The molecule has 3 nitrogen and oxygen atoms in total. The van der Waals surface area contributed by atoms with Crippen LogP contribution in [0.2, 0.25) is 0 Å². The van der Waals surface area contributed by atoms with Crippen LogP contribution in [0.5, 0.6) is 0 Å². The molecule has 1 fully saturated rings. The number of carbonyl (C=O) groups excluding carboxylic acids is 1. The van der Waals surface area contributed by atoms with Gasteiger partial charge in [-0.1, -0.05) is 12.1 Å². The average molecular weight is 307 g/mol. The second kappa shape index (κ2) is 5.41. The lowest BCUT2D eigenvalue weighted by Gasteiger charge is -2.42. The Morgan fingerprint density at radius 1 is 1.35 bits per heavy atom. The number of Topliss-reactive ketones (excluding diaryl/α,β-unsaturated/α-hetero) is 1. The first-order chi connectivity index (χ1) is 9.61. The minimum absolute atomic E-state index is 0.0578. The Bertz CT molecular complexity index is 579. The van der Waals surface area contributed by atoms with Crippen molar-refractivity contribution in [3.8, 4) is 0 Å². The van der Waals surface area contributed by atoms with E-state index in [2.05, 4.69) is 4.90 Å². The molecule has 0 aromatic carbocycles. The number of carbonyl (C=O) groups is 1. The zero-order chi connectivity index (χ0) is 14.2. The van der Waals surface area contributed by atoms with E-state index in [-0.39, 0.29) is 5.78 Å². The highest BCUT2D eigenvalue weighted by Crippen LogP contribution is 2.41. The topological polar surface area (TPSA) is 40.5 Å². The Hall–Kier alpha value is -1.01. The van der Waals surface area contributed by atoms with Crippen LogP contribution in [0.1, 0.15) is 21.0 Å². The van der Waals surface area contributed by atoms with Crippen molar-refractivity contribution < 1.29 is 9.90 Å². The SMILES string of the molecule is CN1CC[C@](O)(c2cccs2)[C@@H](C(=O)c2cccs2)C1. The van der Waals surface area contributed by atoms with Crippen molar-refractivity contribution in [2.45, 2.75) is 12.0 Å². The standard InChI is InChI=1S/C15H17NO2S2/c1-16-7-6-15(18,13-5-3-9-20-13)11(10-16)14(17)12-4-2-8-19-12/h2-5,8-9,11,18H,6-7,10H2,1H3/t11-,15-/m1/s1. The highest BCUT2D eigenvalue weighted by Gasteiger charge is 2.47. The zero-order valence-electron chi connectivity index (χ0n) is 11.3. The molecule has 0 bridgehead atoms. The largest absolute Gasteiger partial charge is 0.383 e. The molecule has 0 spiro atoms. The summed E-state index contributed by atoms with van der Waals surface area (Å²) in [5.41, 5.74) is -1.03. The molecule has 106 valence electrons. The second-order valence-corrected chi connectivity index (χ2v) is 7.20. The molecule has 2 atom stereocenters. The van der Waals surface area contributed by atoms with Crippen LogP contribution in [0.3, 0.4) is 0 Å². The van der Waals surface area contributed by atoms with Crippen LogP contribution in [0.15, 0.2) is 35.0 Å². The number of nitrogens with zero attached hydrogens (tertiary/aromatic N) is 1. The van der Waals surface area contributed by atoms with Gasteiger partial charge in [-0.05, 0) is 36.4 Å². The van der Waals surface area contributed by atoms with E-state index in [1.54, 1.807) is 0 Å². The van der Waals surface area contributed by atoms with Gasteiger partial charge in [0.15, 0.2) is 5.78 Å². The Balaban J connectivity index is 1.97. The van der Waals surface area contributed by atoms with Crippen molar-refractivity contribution in [1.82, 2.24) is 4.90 Å². The molecule has 2 aromatic rings. The van der Waals surface area contributed by atoms with E-state index in [4.69, 9.17) is 0 Å². The van der Waals surface area contributed by atoms with E-state index in [0.717, 1.165) is 16.3 Å². The first kappa shape index (κ1) is 13.9. The summed E-state index contributed by atoms with van der Waals surface area (Å²) in [4.78, 5) is 16.5. The number of likely N-dealkylation sites (tertiary alicyclic amines) is 1. The number of piperidine rings is 1. The van der Waals surface area contributed by atoms with Gasteiger partial charge in [0.2, 0.25) is 0 Å². The molecule has 5 heteroatoms. The summed E-state index contributed by atoms with van der Waals surface area (Å²) < 4.78 is 0. The van der Waals surface area contributed by atoms with Gasteiger partial charge in [0, 0.05) is 18.0 Å². The molecule has 3 rings (SSSR count). The van der Waals surface area contributed by atoms with Crippen molar-refractivity contribution >= 4 is 28.5 Å². The quantitative estimate of drug-likeness (QED) is 0.887. The fourth-order valence-electron chi connectivity index (χ4n) is 2.80. The molecule has 2 aromatic heterocycles. The van der Waals surface area contributed by atoms with Crippen LogP contribution < -0.4 is 0 Å². The molecule has 0 radical (unpaired) electrons. The van der Waals surface area contributed by atoms with Crippen LogP contribution in [0.25, 0.3) is 0 Å². The number of ketones is 1. The minimum Gasteiger partial charge on any atom is -0.383 e. The summed E-state index contributed by atoms with van der Waals surface area (Å²) in [5.74, 6) is -0.332. The lowest BCUT2D eigenvalue weighted by molar-refractivity contribution is -0.0565. The molecule has 0 unspecified atom stereocenters. The third-order valence-corrected chi connectivity index (χ3v) is 5.89. The summed E-state index contributed by atoms with van der Waals surface area (Å²) in [5, 5.41) is 15.0. The van der Waals surface area contributed by atoms with E-state index in [0.29, 0.717) is 13.0 Å². The lowest BCUT2D eigenvalue weighted by atomic mass is 9.77. The molecule has 1 saturated heterocycles. The van der Waals surface area contributed by atoms with Gasteiger partial charge in [-0.15, -0.1) is 22.7 Å². The lowest BCUT2D eigenvalue weighted by Crippen LogP contribution is -2.51. The Kier molecular flexibility index (Phi) is 3.77. The van der Waals surface area contributed by atoms with Crippen LogP contribution in [0.4, 0.5) is 0 Å². The normalized spacial score (nSPS) is 27.6. The van der Waals surface area contributed by atoms with Crippen molar-refractivity contribution in [2.24, 2.45) is 5.92 Å². The van der Waals surface area contributed by atoms with Crippen LogP contribution in [0, 0.1) is 5.92 Å². The minimum atomic E-state index is -1.03. The van der Waals surface area contributed by atoms with Crippen molar-refractivity contribution in [1.29, 1.82) is 0 Å². The predicted octanol–water partition coefficient (Wildman–Crippen LogP) is 2.83. The number of rotatable bonds is 3. The molecule has 0 aliphatic carbocycles. The van der Waals surface area contributed by atoms with Crippen LogP contribution in [-0.2, 0) is 5.60 Å². The van der Waals surface area contributed by atoms with E-state index in [1.807, 2.05) is 42.1 Å². The first-order valence-electron chi connectivity index (χ1n) is 6.64. The van der Waals surface area contributed by atoms with Crippen molar-refractivity contribution in [3.05, 3.63) is 44.8 Å². The van der Waals surface area contributed by atoms with Gasteiger partial charge in [0.1, 0.15) is 5.60 Å². The van der Waals surface area contributed by atoms with Crippen LogP contribution >= 0.6 is 22.7 Å². The van der Waals surface area contributed by atoms with E-state index in [1.165, 1.54) is 22.7 Å². The fraction of sp³-hybridized carbons (Fsp3) is 0.400. The molecular formula is C15H17NO2S2. The summed E-state index contributed by atoms with van der Waals surface area (Å²) in [6, 6.07) is 7.60. The molecular weight excluding hydrogens is 290 g/mol. The van der Waals surface area contributed by atoms with Gasteiger partial charge in [-0.3, -0.25) is 4.79 Å². The maximum Gasteiger partial charge on any atom is 0.180 e. The molecule has 1 aliphatic heterocycles. The molecule has 1 aliphatic rings. The van der Waals surface area contributed by atoms with Crippen molar-refractivity contribution in [2.75, 3.05) is 20.1 Å².